The number of hydrogen-bond acceptors (Lipinski definition) is 3. The molecule has 1 amide bonds. The Kier molecular flexibility index (Phi) is 4.42. The first-order chi connectivity index (χ1) is 11.6. The lowest BCUT2D eigenvalue weighted by Gasteiger charge is -2.20. The van der Waals surface area contributed by atoms with Crippen molar-refractivity contribution >= 4 is 11.8 Å². The van der Waals surface area contributed by atoms with Gasteiger partial charge in [-0.1, -0.05) is 30.3 Å². The van der Waals surface area contributed by atoms with E-state index < -0.39 is 11.9 Å². The van der Waals surface area contributed by atoms with E-state index in [1.54, 1.807) is 36.5 Å². The van der Waals surface area contributed by atoms with Gasteiger partial charge in [-0.15, -0.1) is 5.10 Å². The lowest BCUT2D eigenvalue weighted by atomic mass is 10.2. The molecule has 0 saturated carbocycles. The molecule has 0 radical (unpaired) electrons. The summed E-state index contributed by atoms with van der Waals surface area (Å²) in [6, 6.07) is 14.6. The van der Waals surface area contributed by atoms with Gasteiger partial charge >= 0.3 is 6.09 Å². The fourth-order valence-electron chi connectivity index (χ4n) is 2.22. The molecule has 0 bridgehead atoms. The highest BCUT2D eigenvalue weighted by Gasteiger charge is 2.19. The van der Waals surface area contributed by atoms with Crippen LogP contribution < -0.4 is 9.64 Å². The first-order valence-corrected chi connectivity index (χ1v) is 7.15. The van der Waals surface area contributed by atoms with Gasteiger partial charge in [0.05, 0.1) is 12.2 Å². The summed E-state index contributed by atoms with van der Waals surface area (Å²) >= 11 is 0. The van der Waals surface area contributed by atoms with E-state index in [4.69, 9.17) is 4.74 Å². The number of halogens is 1. The van der Waals surface area contributed by atoms with Gasteiger partial charge in [-0.05, 0) is 17.7 Å². The standard InChI is InChI=1S/C17H14FN3O3/c18-14-10-13(24-16-8-9-19-20-16)6-7-15(14)21(17(22)23)11-12-4-2-1-3-5-12/h1-10H,11H2,(H,19,20)(H,22,23). The van der Waals surface area contributed by atoms with Crippen LogP contribution in [0.2, 0.25) is 0 Å². The number of aromatic amines is 1. The fraction of sp³-hybridized carbons (Fsp3) is 0.0588. The number of benzene rings is 2. The van der Waals surface area contributed by atoms with E-state index in [1.807, 2.05) is 6.07 Å². The van der Waals surface area contributed by atoms with Gasteiger partial charge in [0.25, 0.3) is 0 Å². The number of amides is 1. The van der Waals surface area contributed by atoms with Crippen molar-refractivity contribution in [2.45, 2.75) is 6.54 Å². The Hall–Kier alpha value is -3.35. The number of nitrogens with zero attached hydrogens (tertiary/aromatic N) is 2. The maximum atomic E-state index is 14.4. The molecule has 6 nitrogen and oxygen atoms in total. The third-order valence-corrected chi connectivity index (χ3v) is 3.32. The van der Waals surface area contributed by atoms with E-state index in [9.17, 15) is 14.3 Å². The Morgan fingerprint density at radius 2 is 2.00 bits per heavy atom. The van der Waals surface area contributed by atoms with Crippen LogP contribution >= 0.6 is 0 Å². The maximum Gasteiger partial charge on any atom is 0.412 e. The van der Waals surface area contributed by atoms with Gasteiger partial charge < -0.3 is 9.84 Å². The Morgan fingerprint density at radius 1 is 1.21 bits per heavy atom. The molecule has 0 spiro atoms. The van der Waals surface area contributed by atoms with Crippen LogP contribution in [0.3, 0.4) is 0 Å². The second kappa shape index (κ2) is 6.82. The van der Waals surface area contributed by atoms with Crippen molar-refractivity contribution in [3.8, 4) is 11.6 Å². The number of carbonyl (C=O) groups is 1. The zero-order valence-corrected chi connectivity index (χ0v) is 12.5. The van der Waals surface area contributed by atoms with Gasteiger partial charge in [-0.3, -0.25) is 10.00 Å². The minimum absolute atomic E-state index is 0.0410. The molecule has 0 aliphatic rings. The van der Waals surface area contributed by atoms with Crippen LogP contribution in [0.4, 0.5) is 14.9 Å². The molecule has 3 aromatic rings. The number of nitrogens with one attached hydrogen (secondary N) is 1. The van der Waals surface area contributed by atoms with E-state index in [-0.39, 0.29) is 18.0 Å². The molecule has 2 N–H and O–H groups in total. The highest BCUT2D eigenvalue weighted by molar-refractivity contribution is 5.86. The fourth-order valence-corrected chi connectivity index (χ4v) is 2.22. The predicted octanol–water partition coefficient (Wildman–Crippen LogP) is 4.03. The third kappa shape index (κ3) is 3.52. The van der Waals surface area contributed by atoms with E-state index in [2.05, 4.69) is 10.2 Å². The van der Waals surface area contributed by atoms with Gasteiger partial charge in [0, 0.05) is 18.3 Å². The van der Waals surface area contributed by atoms with Crippen LogP contribution in [-0.4, -0.2) is 21.4 Å². The largest absolute Gasteiger partial charge is 0.465 e. The summed E-state index contributed by atoms with van der Waals surface area (Å²) in [5.41, 5.74) is 0.719. The van der Waals surface area contributed by atoms with Gasteiger partial charge in [0.2, 0.25) is 5.88 Å². The molecule has 0 aliphatic carbocycles. The Balaban J connectivity index is 1.84. The van der Waals surface area contributed by atoms with Crippen LogP contribution in [0.5, 0.6) is 11.6 Å². The summed E-state index contributed by atoms with van der Waals surface area (Å²) in [5, 5.41) is 15.8. The molecular formula is C17H14FN3O3. The zero-order chi connectivity index (χ0) is 16.9. The van der Waals surface area contributed by atoms with Crippen molar-refractivity contribution in [2.75, 3.05) is 4.90 Å². The summed E-state index contributed by atoms with van der Waals surface area (Å²) in [5.74, 6) is -0.170. The number of rotatable bonds is 5. The van der Waals surface area contributed by atoms with E-state index in [0.29, 0.717) is 5.88 Å². The van der Waals surface area contributed by atoms with Crippen LogP contribution in [0, 0.1) is 5.82 Å². The quantitative estimate of drug-likeness (QED) is 0.742. The summed E-state index contributed by atoms with van der Waals surface area (Å²) in [6.45, 7) is 0.0483. The van der Waals surface area contributed by atoms with Gasteiger partial charge in [0.1, 0.15) is 5.75 Å². The van der Waals surface area contributed by atoms with Gasteiger partial charge in [-0.25, -0.2) is 9.18 Å². The molecule has 24 heavy (non-hydrogen) atoms. The molecule has 7 heteroatoms. The number of ether oxygens (including phenoxy) is 1. The Morgan fingerprint density at radius 3 is 2.62 bits per heavy atom. The molecular weight excluding hydrogens is 313 g/mol. The molecule has 1 heterocycles. The minimum Gasteiger partial charge on any atom is -0.465 e. The lowest BCUT2D eigenvalue weighted by molar-refractivity contribution is 0.201. The number of hydrogen-bond donors (Lipinski definition) is 2. The molecule has 122 valence electrons. The monoisotopic (exact) mass is 327 g/mol. The number of H-pyrrole nitrogens is 1. The van der Waals surface area contributed by atoms with Crippen molar-refractivity contribution < 1.29 is 19.0 Å². The minimum atomic E-state index is -1.24. The first kappa shape index (κ1) is 15.5. The van der Waals surface area contributed by atoms with E-state index >= 15 is 0 Å². The van der Waals surface area contributed by atoms with Crippen molar-refractivity contribution in [1.29, 1.82) is 0 Å². The summed E-state index contributed by atoms with van der Waals surface area (Å²) in [6.07, 6.45) is 0.338. The number of carboxylic acid groups (broad SMARTS) is 1. The lowest BCUT2D eigenvalue weighted by Crippen LogP contribution is -2.29. The summed E-state index contributed by atoms with van der Waals surface area (Å²) in [7, 11) is 0. The highest BCUT2D eigenvalue weighted by Crippen LogP contribution is 2.28. The van der Waals surface area contributed by atoms with E-state index in [1.165, 1.54) is 12.1 Å². The van der Waals surface area contributed by atoms with Gasteiger partial charge in [0.15, 0.2) is 5.82 Å². The number of anilines is 1. The molecule has 2 aromatic carbocycles. The molecule has 0 saturated heterocycles. The molecule has 0 atom stereocenters. The molecule has 0 fully saturated rings. The smallest absolute Gasteiger partial charge is 0.412 e. The van der Waals surface area contributed by atoms with Crippen molar-refractivity contribution in [3.63, 3.8) is 0 Å². The highest BCUT2D eigenvalue weighted by atomic mass is 19.1. The Labute approximate surface area is 137 Å². The first-order valence-electron chi connectivity index (χ1n) is 7.15. The van der Waals surface area contributed by atoms with Crippen molar-refractivity contribution in [2.24, 2.45) is 0 Å². The Bertz CT molecular complexity index is 822. The van der Waals surface area contributed by atoms with Crippen LogP contribution in [0.1, 0.15) is 5.56 Å². The predicted molar refractivity (Wildman–Crippen MR) is 85.7 cm³/mol. The second-order valence-corrected chi connectivity index (χ2v) is 4.98. The zero-order valence-electron chi connectivity index (χ0n) is 12.5. The molecule has 0 unspecified atom stereocenters. The van der Waals surface area contributed by atoms with Crippen molar-refractivity contribution in [1.82, 2.24) is 10.2 Å². The summed E-state index contributed by atoms with van der Waals surface area (Å²) in [4.78, 5) is 12.5. The average Bonchev–Trinajstić information content (AvgIpc) is 3.07. The second-order valence-electron chi connectivity index (χ2n) is 4.98. The van der Waals surface area contributed by atoms with Crippen molar-refractivity contribution in [3.05, 3.63) is 72.2 Å². The SMILES string of the molecule is O=C(O)N(Cc1ccccc1)c1ccc(Oc2cc[nH]n2)cc1F. The maximum absolute atomic E-state index is 14.4. The molecule has 3 rings (SSSR count). The van der Waals surface area contributed by atoms with Crippen LogP contribution in [0.25, 0.3) is 0 Å². The third-order valence-electron chi connectivity index (χ3n) is 3.32. The van der Waals surface area contributed by atoms with Crippen LogP contribution in [0.15, 0.2) is 60.8 Å². The number of aromatic nitrogens is 2. The van der Waals surface area contributed by atoms with E-state index in [0.717, 1.165) is 16.5 Å². The topological polar surface area (TPSA) is 78.5 Å². The summed E-state index contributed by atoms with van der Waals surface area (Å²) < 4.78 is 19.7. The normalized spacial score (nSPS) is 10.4. The average molecular weight is 327 g/mol. The van der Waals surface area contributed by atoms with Gasteiger partial charge in [-0.2, -0.15) is 0 Å². The molecule has 0 aliphatic heterocycles. The molecule has 1 aromatic heterocycles. The van der Waals surface area contributed by atoms with Crippen LogP contribution in [-0.2, 0) is 6.54 Å².